The van der Waals surface area contributed by atoms with E-state index in [9.17, 15) is 4.79 Å². The van der Waals surface area contributed by atoms with Gasteiger partial charge in [-0.2, -0.15) is 0 Å². The van der Waals surface area contributed by atoms with Crippen molar-refractivity contribution in [2.24, 2.45) is 0 Å². The molecule has 0 amide bonds. The number of rotatable bonds is 3. The lowest BCUT2D eigenvalue weighted by Crippen LogP contribution is -1.96. The number of hydrogen-bond acceptors (Lipinski definition) is 5. The van der Waals surface area contributed by atoms with Crippen LogP contribution >= 0.6 is 27.3 Å². The number of carbonyl (C=O) groups is 1. The lowest BCUT2D eigenvalue weighted by molar-refractivity contribution is 0.0606. The van der Waals surface area contributed by atoms with Gasteiger partial charge in [-0.05, 0) is 30.7 Å². The van der Waals surface area contributed by atoms with E-state index in [-0.39, 0.29) is 5.97 Å². The molecule has 0 saturated carbocycles. The summed E-state index contributed by atoms with van der Waals surface area (Å²) in [5, 5.41) is 3.81. The van der Waals surface area contributed by atoms with Gasteiger partial charge in [-0.25, -0.2) is 9.78 Å². The molecule has 0 fully saturated rings. The van der Waals surface area contributed by atoms with Crippen LogP contribution in [-0.4, -0.2) is 18.1 Å². The van der Waals surface area contributed by atoms with Gasteiger partial charge in [0, 0.05) is 10.2 Å². The van der Waals surface area contributed by atoms with Crippen LogP contribution in [0.25, 0.3) is 0 Å². The zero-order chi connectivity index (χ0) is 13.1. The van der Waals surface area contributed by atoms with Crippen molar-refractivity contribution in [1.82, 2.24) is 4.98 Å². The van der Waals surface area contributed by atoms with Gasteiger partial charge in [-0.1, -0.05) is 27.3 Å². The average Bonchev–Trinajstić information content (AvgIpc) is 2.75. The molecule has 2 rings (SSSR count). The van der Waals surface area contributed by atoms with Crippen molar-refractivity contribution < 1.29 is 9.53 Å². The number of nitrogens with zero attached hydrogens (tertiary/aromatic N) is 1. The third-order valence-corrected chi connectivity index (χ3v) is 3.54. The van der Waals surface area contributed by atoms with E-state index in [0.717, 1.165) is 15.7 Å². The molecule has 0 bridgehead atoms. The second-order valence-electron chi connectivity index (χ2n) is 3.66. The first-order valence-electron chi connectivity index (χ1n) is 5.17. The highest BCUT2D eigenvalue weighted by molar-refractivity contribution is 9.10. The predicted octanol–water partition coefficient (Wildman–Crippen LogP) is 3.74. The van der Waals surface area contributed by atoms with Gasteiger partial charge in [0.1, 0.15) is 4.88 Å². The Morgan fingerprint density at radius 2 is 2.22 bits per heavy atom. The number of nitrogens with one attached hydrogen (secondary N) is 1. The highest BCUT2D eigenvalue weighted by atomic mass is 79.9. The van der Waals surface area contributed by atoms with Crippen molar-refractivity contribution in [2.75, 3.05) is 12.4 Å². The quantitative estimate of drug-likeness (QED) is 0.873. The Morgan fingerprint density at radius 1 is 1.44 bits per heavy atom. The topological polar surface area (TPSA) is 51.2 Å². The van der Waals surface area contributed by atoms with Gasteiger partial charge in [0.2, 0.25) is 0 Å². The number of halogens is 1. The van der Waals surface area contributed by atoms with Crippen LogP contribution in [0.2, 0.25) is 0 Å². The molecule has 0 aliphatic carbocycles. The fourth-order valence-electron chi connectivity index (χ4n) is 1.46. The Hall–Kier alpha value is -1.40. The predicted molar refractivity (Wildman–Crippen MR) is 75.6 cm³/mol. The fourth-order valence-corrected chi connectivity index (χ4v) is 2.82. The van der Waals surface area contributed by atoms with Gasteiger partial charge in [0.15, 0.2) is 5.13 Å². The van der Waals surface area contributed by atoms with Crippen molar-refractivity contribution in [3.05, 3.63) is 39.3 Å². The molecule has 0 radical (unpaired) electrons. The number of methoxy groups -OCH3 is 1. The standard InChI is InChI=1S/C12H11BrN2O2S/c1-7-3-8(13)5-9(4-7)15-12-14-6-10(18-12)11(16)17-2/h3-6H,1-2H3,(H,14,15). The summed E-state index contributed by atoms with van der Waals surface area (Å²) in [7, 11) is 1.35. The number of carbonyl (C=O) groups excluding carboxylic acids is 1. The molecule has 0 aliphatic heterocycles. The van der Waals surface area contributed by atoms with E-state index >= 15 is 0 Å². The molecule has 0 unspecified atom stereocenters. The Bertz CT molecular complexity index is 563. The second-order valence-corrected chi connectivity index (χ2v) is 5.61. The zero-order valence-electron chi connectivity index (χ0n) is 9.86. The molecule has 94 valence electrons. The lowest BCUT2D eigenvalue weighted by Gasteiger charge is -2.04. The first-order chi connectivity index (χ1) is 8.58. The Kier molecular flexibility index (Phi) is 3.98. The number of aromatic nitrogens is 1. The van der Waals surface area contributed by atoms with Crippen molar-refractivity contribution in [3.63, 3.8) is 0 Å². The van der Waals surface area contributed by atoms with Gasteiger partial charge in [-0.15, -0.1) is 0 Å². The van der Waals surface area contributed by atoms with Crippen molar-refractivity contribution in [1.29, 1.82) is 0 Å². The summed E-state index contributed by atoms with van der Waals surface area (Å²) in [6, 6.07) is 5.98. The highest BCUT2D eigenvalue weighted by Crippen LogP contribution is 2.26. The van der Waals surface area contributed by atoms with E-state index in [4.69, 9.17) is 0 Å². The van der Waals surface area contributed by atoms with Gasteiger partial charge in [-0.3, -0.25) is 0 Å². The summed E-state index contributed by atoms with van der Waals surface area (Å²) in [6.07, 6.45) is 1.50. The molecular weight excluding hydrogens is 316 g/mol. The first kappa shape index (κ1) is 13.0. The number of esters is 1. The minimum atomic E-state index is -0.369. The monoisotopic (exact) mass is 326 g/mol. The van der Waals surface area contributed by atoms with Crippen LogP contribution in [0.15, 0.2) is 28.9 Å². The molecule has 1 N–H and O–H groups in total. The molecule has 4 nitrogen and oxygen atoms in total. The number of ether oxygens (including phenoxy) is 1. The minimum absolute atomic E-state index is 0.369. The number of benzene rings is 1. The van der Waals surface area contributed by atoms with Crippen molar-refractivity contribution >= 4 is 44.1 Å². The molecule has 18 heavy (non-hydrogen) atoms. The molecule has 2 aromatic rings. The molecule has 1 heterocycles. The average molecular weight is 327 g/mol. The van der Waals surface area contributed by atoms with Crippen LogP contribution in [0.4, 0.5) is 10.8 Å². The molecule has 6 heteroatoms. The SMILES string of the molecule is COC(=O)c1cnc(Nc2cc(C)cc(Br)c2)s1. The van der Waals surface area contributed by atoms with Gasteiger partial charge in [0.25, 0.3) is 0 Å². The molecule has 0 saturated heterocycles. The summed E-state index contributed by atoms with van der Waals surface area (Å²) in [5.74, 6) is -0.369. The van der Waals surface area contributed by atoms with Crippen LogP contribution in [0.1, 0.15) is 15.2 Å². The maximum absolute atomic E-state index is 11.3. The Morgan fingerprint density at radius 3 is 2.89 bits per heavy atom. The summed E-state index contributed by atoms with van der Waals surface area (Å²) < 4.78 is 5.63. The molecule has 1 aromatic carbocycles. The molecule has 0 aliphatic rings. The zero-order valence-corrected chi connectivity index (χ0v) is 12.3. The van der Waals surface area contributed by atoms with Crippen molar-refractivity contribution in [2.45, 2.75) is 6.92 Å². The molecule has 0 atom stereocenters. The van der Waals surface area contributed by atoms with Crippen molar-refractivity contribution in [3.8, 4) is 0 Å². The van der Waals surface area contributed by atoms with Crippen LogP contribution in [0, 0.1) is 6.92 Å². The second kappa shape index (κ2) is 5.49. The van der Waals surface area contributed by atoms with Crippen LogP contribution in [-0.2, 0) is 4.74 Å². The lowest BCUT2D eigenvalue weighted by atomic mass is 10.2. The summed E-state index contributed by atoms with van der Waals surface area (Å²) in [5.41, 5.74) is 2.06. The smallest absolute Gasteiger partial charge is 0.349 e. The molecule has 1 aromatic heterocycles. The van der Waals surface area contributed by atoms with E-state index < -0.39 is 0 Å². The maximum atomic E-state index is 11.3. The Balaban J connectivity index is 2.18. The van der Waals surface area contributed by atoms with Gasteiger partial charge >= 0.3 is 5.97 Å². The summed E-state index contributed by atoms with van der Waals surface area (Å²) >= 11 is 4.69. The summed E-state index contributed by atoms with van der Waals surface area (Å²) in [4.78, 5) is 15.9. The first-order valence-corrected chi connectivity index (χ1v) is 6.78. The van der Waals surface area contributed by atoms with Gasteiger partial charge < -0.3 is 10.1 Å². The minimum Gasteiger partial charge on any atom is -0.465 e. The third-order valence-electron chi connectivity index (χ3n) is 2.19. The molecule has 0 spiro atoms. The maximum Gasteiger partial charge on any atom is 0.349 e. The number of thiazole rings is 1. The van der Waals surface area contributed by atoms with E-state index in [0.29, 0.717) is 10.0 Å². The molecular formula is C12H11BrN2O2S. The highest BCUT2D eigenvalue weighted by Gasteiger charge is 2.10. The fraction of sp³-hybridized carbons (Fsp3) is 0.167. The Labute approximate surface area is 117 Å². The van der Waals surface area contributed by atoms with Crippen LogP contribution in [0.5, 0.6) is 0 Å². The van der Waals surface area contributed by atoms with Crippen LogP contribution in [0.3, 0.4) is 0 Å². The largest absolute Gasteiger partial charge is 0.465 e. The normalized spacial score (nSPS) is 10.2. The number of hydrogen-bond donors (Lipinski definition) is 1. The van der Waals surface area contributed by atoms with E-state index in [2.05, 4.69) is 31.0 Å². The van der Waals surface area contributed by atoms with E-state index in [1.54, 1.807) is 0 Å². The van der Waals surface area contributed by atoms with E-state index in [1.165, 1.54) is 24.6 Å². The third kappa shape index (κ3) is 3.08. The van der Waals surface area contributed by atoms with E-state index in [1.807, 2.05) is 25.1 Å². The summed E-state index contributed by atoms with van der Waals surface area (Å²) in [6.45, 7) is 2.01. The number of anilines is 2. The number of aryl methyl sites for hydroxylation is 1. The van der Waals surface area contributed by atoms with Gasteiger partial charge in [0.05, 0.1) is 13.3 Å². The van der Waals surface area contributed by atoms with Crippen LogP contribution < -0.4 is 5.32 Å².